The summed E-state index contributed by atoms with van der Waals surface area (Å²) in [6.45, 7) is 11.6. The van der Waals surface area contributed by atoms with Crippen LogP contribution in [-0.4, -0.2) is 78.1 Å². The van der Waals surface area contributed by atoms with E-state index in [0.29, 0.717) is 70.6 Å². The Labute approximate surface area is 347 Å². The van der Waals surface area contributed by atoms with Gasteiger partial charge < -0.3 is 33.5 Å². The fraction of sp³-hybridized carbons (Fsp3) is 0.378. The van der Waals surface area contributed by atoms with Crippen LogP contribution in [0.3, 0.4) is 0 Å². The van der Waals surface area contributed by atoms with Crippen LogP contribution in [0.1, 0.15) is 94.9 Å². The van der Waals surface area contributed by atoms with Crippen molar-refractivity contribution < 1.29 is 38.4 Å². The van der Waals surface area contributed by atoms with Gasteiger partial charge >= 0.3 is 18.0 Å². The predicted octanol–water partition coefficient (Wildman–Crippen LogP) is 6.25. The highest BCUT2D eigenvalue weighted by Crippen LogP contribution is 2.43. The first kappa shape index (κ1) is 41.7. The fourth-order valence-electron chi connectivity index (χ4n) is 8.53. The molecule has 15 nitrogen and oxygen atoms in total. The van der Waals surface area contributed by atoms with Crippen molar-refractivity contribution in [2.24, 2.45) is 13.0 Å². The van der Waals surface area contributed by atoms with Crippen molar-refractivity contribution >= 4 is 29.1 Å². The molecule has 60 heavy (non-hydrogen) atoms. The maximum Gasteiger partial charge on any atom is 0.410 e. The third kappa shape index (κ3) is 7.49. The van der Waals surface area contributed by atoms with Crippen molar-refractivity contribution in [2.75, 3.05) is 26.3 Å². The van der Waals surface area contributed by atoms with Crippen molar-refractivity contribution in [3.05, 3.63) is 134 Å². The van der Waals surface area contributed by atoms with Crippen LogP contribution in [0.4, 0.5) is 4.79 Å². The summed E-state index contributed by atoms with van der Waals surface area (Å²) in [6, 6.07) is 17.8. The number of esters is 2. The number of rotatable bonds is 12. The highest BCUT2D eigenvalue weighted by atomic mass is 16.6. The number of likely N-dealkylation sites (tertiary alicyclic amines) is 1. The molecule has 15 heteroatoms. The number of aryl methyl sites for hydroxylation is 1. The number of pyridine rings is 1. The van der Waals surface area contributed by atoms with E-state index in [2.05, 4.69) is 5.10 Å². The molecule has 0 radical (unpaired) electrons. The van der Waals surface area contributed by atoms with Crippen LogP contribution in [0.15, 0.2) is 84.0 Å². The highest BCUT2D eigenvalue weighted by molar-refractivity contribution is 6.00. The van der Waals surface area contributed by atoms with E-state index in [1.807, 2.05) is 30.3 Å². The Balaban J connectivity index is 1.28. The number of hydrogen-bond donors (Lipinski definition) is 1. The molecule has 6 aromatic rings. The third-order valence-corrected chi connectivity index (χ3v) is 11.6. The van der Waals surface area contributed by atoms with Gasteiger partial charge in [-0.2, -0.15) is 10.2 Å². The summed E-state index contributed by atoms with van der Waals surface area (Å²) in [5.74, 6) is -1.23. The molecular formula is C45H50N6O9. The molecule has 0 aliphatic carbocycles. The van der Waals surface area contributed by atoms with Crippen LogP contribution in [0.25, 0.3) is 11.0 Å². The molecule has 5 aromatic heterocycles. The van der Waals surface area contributed by atoms with E-state index in [1.54, 1.807) is 99.2 Å². The van der Waals surface area contributed by atoms with Crippen molar-refractivity contribution in [1.29, 1.82) is 0 Å². The summed E-state index contributed by atoms with van der Waals surface area (Å²) in [4.78, 5) is 55.0. The lowest BCUT2D eigenvalue weighted by Gasteiger charge is -2.39. The normalized spacial score (nSPS) is 15.4. The van der Waals surface area contributed by atoms with Gasteiger partial charge in [0, 0.05) is 50.2 Å². The van der Waals surface area contributed by atoms with Gasteiger partial charge in [-0.25, -0.2) is 23.4 Å². The first-order valence-corrected chi connectivity index (χ1v) is 20.1. The number of amides is 1. The van der Waals surface area contributed by atoms with Crippen molar-refractivity contribution in [3.63, 3.8) is 0 Å². The Morgan fingerprint density at radius 3 is 2.10 bits per heavy atom. The van der Waals surface area contributed by atoms with E-state index in [0.717, 1.165) is 5.56 Å². The lowest BCUT2D eigenvalue weighted by atomic mass is 9.78. The molecule has 1 aromatic carbocycles. The molecule has 2 atom stereocenters. The van der Waals surface area contributed by atoms with Crippen LogP contribution in [0.2, 0.25) is 0 Å². The van der Waals surface area contributed by atoms with Gasteiger partial charge in [-0.05, 0) is 95.2 Å². The maximum atomic E-state index is 13.8. The fourth-order valence-corrected chi connectivity index (χ4v) is 8.53. The van der Waals surface area contributed by atoms with E-state index in [4.69, 9.17) is 24.0 Å². The lowest BCUT2D eigenvalue weighted by molar-refractivity contribution is -0.0377. The minimum Gasteiger partial charge on any atom is -0.475 e. The highest BCUT2D eigenvalue weighted by Gasteiger charge is 2.43. The average Bonchev–Trinajstić information content (AvgIpc) is 3.71. The minimum atomic E-state index is -1.50. The Morgan fingerprint density at radius 2 is 1.45 bits per heavy atom. The van der Waals surface area contributed by atoms with E-state index in [-0.39, 0.29) is 42.6 Å². The van der Waals surface area contributed by atoms with Crippen molar-refractivity contribution in [1.82, 2.24) is 28.7 Å². The third-order valence-electron chi connectivity index (χ3n) is 11.6. The summed E-state index contributed by atoms with van der Waals surface area (Å²) in [7, 11) is 1.64. The second-order valence-electron chi connectivity index (χ2n) is 15.4. The summed E-state index contributed by atoms with van der Waals surface area (Å²) < 4.78 is 28.1. The number of carbonyl (C=O) groups excluding carboxylic acids is 3. The largest absolute Gasteiger partial charge is 0.475 e. The van der Waals surface area contributed by atoms with E-state index in [1.165, 1.54) is 16.8 Å². The van der Waals surface area contributed by atoms with Crippen LogP contribution in [0, 0.1) is 19.8 Å². The van der Waals surface area contributed by atoms with Crippen LogP contribution < -0.4 is 10.3 Å². The van der Waals surface area contributed by atoms with E-state index in [9.17, 15) is 24.3 Å². The van der Waals surface area contributed by atoms with E-state index >= 15 is 0 Å². The summed E-state index contributed by atoms with van der Waals surface area (Å²) in [6.07, 6.45) is 5.23. The molecule has 1 saturated heterocycles. The number of carbonyl (C=O) groups is 3. The number of hydrogen-bond acceptors (Lipinski definition) is 11. The minimum absolute atomic E-state index is 0.112. The number of aromatic nitrogens is 5. The second kappa shape index (κ2) is 16.6. The van der Waals surface area contributed by atoms with Gasteiger partial charge in [-0.1, -0.05) is 30.3 Å². The molecule has 7 rings (SSSR count). The molecule has 0 saturated carbocycles. The molecule has 1 amide bonds. The van der Waals surface area contributed by atoms with Crippen LogP contribution in [0.5, 0.6) is 5.75 Å². The molecule has 0 spiro atoms. The van der Waals surface area contributed by atoms with Gasteiger partial charge in [0.15, 0.2) is 5.60 Å². The average molecular weight is 819 g/mol. The summed E-state index contributed by atoms with van der Waals surface area (Å²) >= 11 is 0. The zero-order chi connectivity index (χ0) is 42.9. The van der Waals surface area contributed by atoms with Crippen LogP contribution >= 0.6 is 0 Å². The Morgan fingerprint density at radius 1 is 0.817 bits per heavy atom. The summed E-state index contributed by atoms with van der Waals surface area (Å²) in [5, 5.41) is 21.9. The Kier molecular flexibility index (Phi) is 11.6. The number of piperidine rings is 1. The number of fused-ring (bicyclic) bond motifs is 2. The summed E-state index contributed by atoms with van der Waals surface area (Å²) in [5.41, 5.74) is 1.31. The zero-order valence-electron chi connectivity index (χ0n) is 34.9. The number of ether oxygens (including phenoxy) is 4. The maximum absolute atomic E-state index is 13.8. The molecule has 6 heterocycles. The first-order chi connectivity index (χ1) is 28.7. The monoisotopic (exact) mass is 818 g/mol. The van der Waals surface area contributed by atoms with Gasteiger partial charge in [0.25, 0.3) is 5.56 Å². The van der Waals surface area contributed by atoms with Crippen molar-refractivity contribution in [3.8, 4) is 5.75 Å². The van der Waals surface area contributed by atoms with Gasteiger partial charge in [0.2, 0.25) is 0 Å². The molecular weight excluding hydrogens is 769 g/mol. The lowest BCUT2D eigenvalue weighted by Crippen LogP contribution is -2.45. The molecule has 2 unspecified atom stereocenters. The number of aliphatic hydroxyl groups is 1. The van der Waals surface area contributed by atoms with Gasteiger partial charge in [0.1, 0.15) is 18.0 Å². The standard InChI is InChI=1S/C45H50N6O9/c1-8-57-41(53)37-29(4)40(50-34(37)16-13-20-46-50)45(6,32-17-21-48(7)36(52)24-32)60-33-25-35-38(42(54)58-9-2)28(3)39(51(35)47-26-33)44(5,56)31-18-22-49(23-19-31)43(55)59-27-30-14-11-10-12-15-30/h10-17,20-21,24-26,31,56H,8-9,18-19,22-23,27H2,1-7H3. The van der Waals surface area contributed by atoms with Gasteiger partial charge in [-0.15, -0.1) is 0 Å². The first-order valence-electron chi connectivity index (χ1n) is 20.1. The molecule has 1 N–H and O–H groups in total. The molecule has 0 bridgehead atoms. The molecule has 1 fully saturated rings. The van der Waals surface area contributed by atoms with Crippen LogP contribution in [-0.2, 0) is 39.1 Å². The topological polar surface area (TPSA) is 168 Å². The van der Waals surface area contributed by atoms with E-state index < -0.39 is 29.2 Å². The Hall–Kier alpha value is -6.48. The Bertz CT molecular complexity index is 2640. The molecule has 1 aliphatic rings. The smallest absolute Gasteiger partial charge is 0.410 e. The molecule has 1 aliphatic heterocycles. The number of nitrogens with zero attached hydrogens (tertiary/aromatic N) is 6. The second-order valence-corrected chi connectivity index (χ2v) is 15.4. The quantitative estimate of drug-likeness (QED) is 0.110. The van der Waals surface area contributed by atoms with Gasteiger partial charge in [-0.3, -0.25) is 4.79 Å². The van der Waals surface area contributed by atoms with Gasteiger partial charge in [0.05, 0.1) is 53.0 Å². The SMILES string of the molecule is CCOC(=O)c1c(C)c(C(C)(Oc2cnn3c(C(C)(O)C4CCN(C(=O)OCc5ccccc5)CC4)c(C)c(C(=O)OCC)c3c2)c2ccn(C)c(=O)c2)n2ncccc12. The van der Waals surface area contributed by atoms with Crippen molar-refractivity contribution in [2.45, 2.75) is 72.2 Å². The molecule has 314 valence electrons. The number of benzene rings is 1. The zero-order valence-corrected chi connectivity index (χ0v) is 34.9. The predicted molar refractivity (Wildman–Crippen MR) is 221 cm³/mol.